The summed E-state index contributed by atoms with van der Waals surface area (Å²) in [5, 5.41) is 10.2. The molecule has 3 aromatic carbocycles. The van der Waals surface area contributed by atoms with E-state index >= 15 is 0 Å². The van der Waals surface area contributed by atoms with Gasteiger partial charge in [0.25, 0.3) is 0 Å². The Morgan fingerprint density at radius 2 is 1.45 bits per heavy atom. The SMILES string of the molecule is CCc1cccc(CC)c1NC(=O)NCC1(Nc2ccccc2-c2ccccc2)CCCC1. The van der Waals surface area contributed by atoms with Gasteiger partial charge in [0.15, 0.2) is 0 Å². The molecule has 33 heavy (non-hydrogen) atoms. The molecule has 0 aliphatic heterocycles. The van der Waals surface area contributed by atoms with Crippen LogP contribution in [-0.4, -0.2) is 18.1 Å². The molecule has 0 atom stereocenters. The van der Waals surface area contributed by atoms with E-state index in [1.807, 2.05) is 6.07 Å². The Hall–Kier alpha value is -3.27. The maximum Gasteiger partial charge on any atom is 0.319 e. The average molecular weight is 442 g/mol. The van der Waals surface area contributed by atoms with Gasteiger partial charge in [0, 0.05) is 23.5 Å². The quantitative estimate of drug-likeness (QED) is 0.352. The molecule has 0 bridgehead atoms. The number of hydrogen-bond donors (Lipinski definition) is 3. The minimum absolute atomic E-state index is 0.130. The number of carbonyl (C=O) groups is 1. The van der Waals surface area contributed by atoms with Crippen LogP contribution in [0, 0.1) is 0 Å². The maximum atomic E-state index is 12.9. The second-order valence-corrected chi connectivity index (χ2v) is 8.99. The Labute approximate surface area is 197 Å². The average Bonchev–Trinajstić information content (AvgIpc) is 3.32. The van der Waals surface area contributed by atoms with E-state index in [2.05, 4.69) is 96.5 Å². The smallest absolute Gasteiger partial charge is 0.319 e. The third kappa shape index (κ3) is 5.39. The number of urea groups is 1. The number of hydrogen-bond acceptors (Lipinski definition) is 2. The first-order chi connectivity index (χ1) is 16.1. The number of carbonyl (C=O) groups excluding carboxylic acids is 1. The molecule has 1 aliphatic carbocycles. The van der Waals surface area contributed by atoms with Crippen LogP contribution < -0.4 is 16.0 Å². The molecule has 1 aliphatic rings. The molecule has 4 rings (SSSR count). The lowest BCUT2D eigenvalue weighted by Crippen LogP contribution is -2.48. The van der Waals surface area contributed by atoms with Gasteiger partial charge in [-0.3, -0.25) is 0 Å². The van der Waals surface area contributed by atoms with Crippen molar-refractivity contribution in [2.24, 2.45) is 0 Å². The lowest BCUT2D eigenvalue weighted by Gasteiger charge is -2.33. The molecular weight excluding hydrogens is 406 g/mol. The van der Waals surface area contributed by atoms with Crippen molar-refractivity contribution in [2.45, 2.75) is 57.9 Å². The Kier molecular flexibility index (Phi) is 7.33. The number of para-hydroxylation sites is 2. The third-order valence-corrected chi connectivity index (χ3v) is 6.80. The highest BCUT2D eigenvalue weighted by Gasteiger charge is 2.34. The first-order valence-electron chi connectivity index (χ1n) is 12.2. The molecule has 3 aromatic rings. The Morgan fingerprint density at radius 3 is 2.12 bits per heavy atom. The fourth-order valence-electron chi connectivity index (χ4n) is 4.96. The molecule has 0 heterocycles. The molecule has 0 aromatic heterocycles. The summed E-state index contributed by atoms with van der Waals surface area (Å²) >= 11 is 0. The van der Waals surface area contributed by atoms with Crippen LogP contribution in [0.25, 0.3) is 11.1 Å². The number of benzene rings is 3. The van der Waals surface area contributed by atoms with Crippen molar-refractivity contribution >= 4 is 17.4 Å². The van der Waals surface area contributed by atoms with Gasteiger partial charge in [-0.05, 0) is 48.4 Å². The zero-order valence-electron chi connectivity index (χ0n) is 19.8. The zero-order valence-corrected chi connectivity index (χ0v) is 19.8. The van der Waals surface area contributed by atoms with Crippen LogP contribution >= 0.6 is 0 Å². The summed E-state index contributed by atoms with van der Waals surface area (Å²) in [5.74, 6) is 0. The highest BCUT2D eigenvalue weighted by atomic mass is 16.2. The van der Waals surface area contributed by atoms with Crippen LogP contribution in [0.15, 0.2) is 72.8 Å². The summed E-state index contributed by atoms with van der Waals surface area (Å²) in [6.45, 7) is 4.84. The molecule has 0 saturated heterocycles. The Bertz CT molecular complexity index is 1050. The van der Waals surface area contributed by atoms with Crippen LogP contribution in [0.3, 0.4) is 0 Å². The molecule has 172 valence electrons. The lowest BCUT2D eigenvalue weighted by atomic mass is 9.95. The molecular formula is C29H35N3O. The van der Waals surface area contributed by atoms with Crippen molar-refractivity contribution in [3.63, 3.8) is 0 Å². The second kappa shape index (κ2) is 10.6. The number of amides is 2. The Balaban J connectivity index is 1.49. The zero-order chi connectivity index (χ0) is 23.1. The molecule has 1 saturated carbocycles. The number of aryl methyl sites for hydroxylation is 2. The standard InChI is InChI=1S/C29H35N3O/c1-3-22-15-12-16-23(4-2)27(22)31-28(33)30-21-29(19-10-11-20-29)32-26-18-9-8-17-25(26)24-13-6-5-7-14-24/h5-9,12-18,32H,3-4,10-11,19-21H2,1-2H3,(H2,30,31,33). The number of rotatable bonds is 8. The summed E-state index contributed by atoms with van der Waals surface area (Å²) in [5.41, 5.74) is 6.69. The third-order valence-electron chi connectivity index (χ3n) is 6.80. The summed E-state index contributed by atoms with van der Waals surface area (Å²) in [6, 6.07) is 25.1. The van der Waals surface area contributed by atoms with Crippen LogP contribution in [0.2, 0.25) is 0 Å². The van der Waals surface area contributed by atoms with Crippen molar-refractivity contribution in [1.29, 1.82) is 0 Å². The minimum Gasteiger partial charge on any atom is -0.377 e. The second-order valence-electron chi connectivity index (χ2n) is 8.99. The maximum absolute atomic E-state index is 12.9. The minimum atomic E-state index is -0.139. The molecule has 4 heteroatoms. The van der Waals surface area contributed by atoms with Gasteiger partial charge in [0.1, 0.15) is 0 Å². The van der Waals surface area contributed by atoms with E-state index in [4.69, 9.17) is 0 Å². The molecule has 4 nitrogen and oxygen atoms in total. The monoisotopic (exact) mass is 441 g/mol. The van der Waals surface area contributed by atoms with E-state index in [9.17, 15) is 4.79 Å². The summed E-state index contributed by atoms with van der Waals surface area (Å²) in [4.78, 5) is 12.9. The van der Waals surface area contributed by atoms with Crippen molar-refractivity contribution in [3.05, 3.63) is 83.9 Å². The normalized spacial score (nSPS) is 14.6. The molecule has 0 spiro atoms. The molecule has 1 fully saturated rings. The van der Waals surface area contributed by atoms with E-state index < -0.39 is 0 Å². The molecule has 0 unspecified atom stereocenters. The van der Waals surface area contributed by atoms with Crippen molar-refractivity contribution in [1.82, 2.24) is 5.32 Å². The Morgan fingerprint density at radius 1 is 0.818 bits per heavy atom. The van der Waals surface area contributed by atoms with Gasteiger partial charge in [0.05, 0.1) is 5.54 Å². The van der Waals surface area contributed by atoms with E-state index in [1.54, 1.807) is 0 Å². The van der Waals surface area contributed by atoms with Gasteiger partial charge in [-0.15, -0.1) is 0 Å². The van der Waals surface area contributed by atoms with Crippen molar-refractivity contribution < 1.29 is 4.79 Å². The molecule has 2 amide bonds. The van der Waals surface area contributed by atoms with Gasteiger partial charge in [-0.25, -0.2) is 4.79 Å². The summed E-state index contributed by atoms with van der Waals surface area (Å²) in [6.07, 6.45) is 6.21. The van der Waals surface area contributed by atoms with Crippen LogP contribution in [0.5, 0.6) is 0 Å². The van der Waals surface area contributed by atoms with Crippen molar-refractivity contribution in [3.8, 4) is 11.1 Å². The topological polar surface area (TPSA) is 53.2 Å². The fraction of sp³-hybridized carbons (Fsp3) is 0.345. The van der Waals surface area contributed by atoms with Crippen LogP contribution in [-0.2, 0) is 12.8 Å². The number of anilines is 2. The van der Waals surface area contributed by atoms with E-state index in [1.165, 1.54) is 35.1 Å². The predicted octanol–water partition coefficient (Wildman–Crippen LogP) is 7.02. The summed E-state index contributed by atoms with van der Waals surface area (Å²) in [7, 11) is 0. The van der Waals surface area contributed by atoms with E-state index in [0.717, 1.165) is 37.1 Å². The van der Waals surface area contributed by atoms with Gasteiger partial charge in [-0.1, -0.05) is 93.4 Å². The van der Waals surface area contributed by atoms with Gasteiger partial charge >= 0.3 is 6.03 Å². The van der Waals surface area contributed by atoms with Gasteiger partial charge in [0.2, 0.25) is 0 Å². The highest BCUT2D eigenvalue weighted by molar-refractivity contribution is 5.91. The van der Waals surface area contributed by atoms with Crippen LogP contribution in [0.4, 0.5) is 16.2 Å². The summed E-state index contributed by atoms with van der Waals surface area (Å²) < 4.78 is 0. The number of nitrogens with one attached hydrogen (secondary N) is 3. The first-order valence-corrected chi connectivity index (χ1v) is 12.2. The van der Waals surface area contributed by atoms with Gasteiger partial charge < -0.3 is 16.0 Å². The largest absolute Gasteiger partial charge is 0.377 e. The molecule has 3 N–H and O–H groups in total. The van der Waals surface area contributed by atoms with Crippen molar-refractivity contribution in [2.75, 3.05) is 17.2 Å². The fourth-order valence-corrected chi connectivity index (χ4v) is 4.96. The highest BCUT2D eigenvalue weighted by Crippen LogP contribution is 2.36. The van der Waals surface area contributed by atoms with E-state index in [-0.39, 0.29) is 11.6 Å². The van der Waals surface area contributed by atoms with Gasteiger partial charge in [-0.2, -0.15) is 0 Å². The molecule has 0 radical (unpaired) electrons. The lowest BCUT2D eigenvalue weighted by molar-refractivity contribution is 0.249. The predicted molar refractivity (Wildman–Crippen MR) is 139 cm³/mol. The van der Waals surface area contributed by atoms with Crippen LogP contribution in [0.1, 0.15) is 50.7 Å². The first kappa shape index (κ1) is 22.9. The van der Waals surface area contributed by atoms with E-state index in [0.29, 0.717) is 6.54 Å².